The lowest BCUT2D eigenvalue weighted by Crippen LogP contribution is -2.19. The summed E-state index contributed by atoms with van der Waals surface area (Å²) >= 11 is 0. The lowest BCUT2D eigenvalue weighted by Gasteiger charge is -2.16. The molecular weight excluding hydrogens is 206 g/mol. The van der Waals surface area contributed by atoms with Crippen molar-refractivity contribution in [2.45, 2.75) is 19.4 Å². The predicted molar refractivity (Wildman–Crippen MR) is 75.2 cm³/mol. The van der Waals surface area contributed by atoms with Gasteiger partial charge in [0.15, 0.2) is 0 Å². The molecule has 2 aromatic carbocycles. The fourth-order valence-corrected chi connectivity index (χ4v) is 2.14. The molecule has 0 aromatic heterocycles. The topological polar surface area (TPSA) is 12.0 Å². The first-order valence-corrected chi connectivity index (χ1v) is 6.15. The van der Waals surface area contributed by atoms with Gasteiger partial charge in [-0.1, -0.05) is 48.5 Å². The monoisotopic (exact) mass is 225 g/mol. The van der Waals surface area contributed by atoms with Crippen molar-refractivity contribution in [1.82, 2.24) is 5.32 Å². The Morgan fingerprint density at radius 2 is 1.94 bits per heavy atom. The Morgan fingerprint density at radius 3 is 2.76 bits per heavy atom. The maximum absolute atomic E-state index is 3.74. The zero-order chi connectivity index (χ0) is 12.1. The van der Waals surface area contributed by atoms with E-state index < -0.39 is 0 Å². The zero-order valence-corrected chi connectivity index (χ0v) is 10.3. The molecule has 0 bridgehead atoms. The molecule has 0 radical (unpaired) electrons. The van der Waals surface area contributed by atoms with Crippen molar-refractivity contribution in [3.8, 4) is 0 Å². The minimum atomic E-state index is 0.376. The molecule has 0 aliphatic heterocycles. The van der Waals surface area contributed by atoms with Crippen LogP contribution in [0.5, 0.6) is 0 Å². The lowest BCUT2D eigenvalue weighted by molar-refractivity contribution is 0.585. The highest BCUT2D eigenvalue weighted by atomic mass is 14.9. The number of hydrogen-bond acceptors (Lipinski definition) is 1. The number of benzene rings is 2. The molecule has 0 fully saturated rings. The molecule has 88 valence electrons. The summed E-state index contributed by atoms with van der Waals surface area (Å²) in [6, 6.07) is 15.4. The van der Waals surface area contributed by atoms with Gasteiger partial charge >= 0.3 is 0 Å². The summed E-state index contributed by atoms with van der Waals surface area (Å²) in [5.74, 6) is 0. The summed E-state index contributed by atoms with van der Waals surface area (Å²) in [5, 5.41) is 6.17. The largest absolute Gasteiger partial charge is 0.310 e. The van der Waals surface area contributed by atoms with Crippen LogP contribution in [-0.4, -0.2) is 6.54 Å². The first kappa shape index (κ1) is 11.9. The fourth-order valence-electron chi connectivity index (χ4n) is 2.14. The Hall–Kier alpha value is -1.60. The lowest BCUT2D eigenvalue weighted by atomic mass is 10.00. The van der Waals surface area contributed by atoms with Gasteiger partial charge in [-0.05, 0) is 36.2 Å². The molecule has 1 heteroatoms. The quantitative estimate of drug-likeness (QED) is 0.597. The van der Waals surface area contributed by atoms with Crippen LogP contribution in [0, 0.1) is 0 Å². The highest BCUT2D eigenvalue weighted by Gasteiger charge is 2.07. The minimum absolute atomic E-state index is 0.376. The fraction of sp³-hybridized carbons (Fsp3) is 0.250. The van der Waals surface area contributed by atoms with Crippen molar-refractivity contribution in [3.63, 3.8) is 0 Å². The Bertz CT molecular complexity index is 496. The van der Waals surface area contributed by atoms with Gasteiger partial charge in [0.1, 0.15) is 0 Å². The van der Waals surface area contributed by atoms with Crippen LogP contribution < -0.4 is 5.32 Å². The number of nitrogens with one attached hydrogen (secondary N) is 1. The molecule has 2 rings (SSSR count). The van der Waals surface area contributed by atoms with Crippen LogP contribution in [0.1, 0.15) is 24.9 Å². The van der Waals surface area contributed by atoms with Crippen LogP contribution in [-0.2, 0) is 0 Å². The maximum Gasteiger partial charge on any atom is 0.0298 e. The Balaban J connectivity index is 2.25. The Kier molecular flexibility index (Phi) is 3.94. The minimum Gasteiger partial charge on any atom is -0.310 e. The molecule has 0 spiro atoms. The third-order valence-corrected chi connectivity index (χ3v) is 3.09. The molecule has 2 aromatic rings. The molecule has 0 amide bonds. The second-order valence-corrected chi connectivity index (χ2v) is 4.32. The van der Waals surface area contributed by atoms with Crippen LogP contribution in [0.2, 0.25) is 0 Å². The van der Waals surface area contributed by atoms with Crippen molar-refractivity contribution in [2.24, 2.45) is 0 Å². The number of rotatable bonds is 5. The van der Waals surface area contributed by atoms with Gasteiger partial charge < -0.3 is 5.32 Å². The van der Waals surface area contributed by atoms with Crippen LogP contribution in [0.3, 0.4) is 0 Å². The third kappa shape index (κ3) is 2.75. The summed E-state index contributed by atoms with van der Waals surface area (Å²) in [6.07, 6.45) is 2.96. The summed E-state index contributed by atoms with van der Waals surface area (Å²) in [5.41, 5.74) is 1.37. The average Bonchev–Trinajstić information content (AvgIpc) is 2.38. The van der Waals surface area contributed by atoms with Crippen LogP contribution in [0.15, 0.2) is 55.1 Å². The van der Waals surface area contributed by atoms with Crippen molar-refractivity contribution >= 4 is 10.8 Å². The van der Waals surface area contributed by atoms with E-state index in [4.69, 9.17) is 0 Å². The normalized spacial score (nSPS) is 12.5. The highest BCUT2D eigenvalue weighted by molar-refractivity contribution is 5.86. The van der Waals surface area contributed by atoms with E-state index in [-0.39, 0.29) is 0 Å². The maximum atomic E-state index is 3.74. The molecule has 0 saturated carbocycles. The van der Waals surface area contributed by atoms with E-state index in [9.17, 15) is 0 Å². The van der Waals surface area contributed by atoms with Crippen molar-refractivity contribution in [1.29, 1.82) is 0 Å². The third-order valence-electron chi connectivity index (χ3n) is 3.09. The van der Waals surface area contributed by atoms with E-state index in [1.165, 1.54) is 16.3 Å². The average molecular weight is 225 g/mol. The van der Waals surface area contributed by atoms with Crippen molar-refractivity contribution in [3.05, 3.63) is 60.7 Å². The zero-order valence-electron chi connectivity index (χ0n) is 10.3. The van der Waals surface area contributed by atoms with E-state index in [1.54, 1.807) is 0 Å². The summed E-state index contributed by atoms with van der Waals surface area (Å²) in [6.45, 7) is 6.93. The number of fused-ring (bicyclic) bond motifs is 1. The van der Waals surface area contributed by atoms with E-state index in [0.29, 0.717) is 6.04 Å². The molecule has 1 unspecified atom stereocenters. The molecule has 17 heavy (non-hydrogen) atoms. The molecule has 1 N–H and O–H groups in total. The molecular formula is C16H19N. The predicted octanol–water partition coefficient (Wildman–Crippen LogP) is 4.07. The van der Waals surface area contributed by atoms with Gasteiger partial charge in [0.25, 0.3) is 0 Å². The van der Waals surface area contributed by atoms with E-state index in [0.717, 1.165) is 13.0 Å². The molecule has 0 aliphatic rings. The van der Waals surface area contributed by atoms with Gasteiger partial charge in [0.05, 0.1) is 0 Å². The van der Waals surface area contributed by atoms with Gasteiger partial charge in [0.2, 0.25) is 0 Å². The molecule has 0 saturated heterocycles. The Morgan fingerprint density at radius 1 is 1.18 bits per heavy atom. The molecule has 1 nitrogen and oxygen atoms in total. The molecule has 1 atom stereocenters. The van der Waals surface area contributed by atoms with Crippen LogP contribution >= 0.6 is 0 Å². The summed E-state index contributed by atoms with van der Waals surface area (Å²) in [4.78, 5) is 0. The van der Waals surface area contributed by atoms with Gasteiger partial charge in [-0.2, -0.15) is 0 Å². The van der Waals surface area contributed by atoms with Crippen molar-refractivity contribution < 1.29 is 0 Å². The first-order valence-electron chi connectivity index (χ1n) is 6.15. The van der Waals surface area contributed by atoms with Gasteiger partial charge in [-0.25, -0.2) is 0 Å². The van der Waals surface area contributed by atoms with Crippen LogP contribution in [0.25, 0.3) is 10.8 Å². The second-order valence-electron chi connectivity index (χ2n) is 4.32. The standard InChI is InChI=1S/C16H19N/c1-3-4-12-17-13(2)15-11-7-9-14-8-5-6-10-16(14)15/h3,5-11,13,17H,1,4,12H2,2H3. The summed E-state index contributed by atoms with van der Waals surface area (Å²) < 4.78 is 0. The van der Waals surface area contributed by atoms with E-state index in [2.05, 4.69) is 61.3 Å². The van der Waals surface area contributed by atoms with Gasteiger partial charge in [-0.15, -0.1) is 6.58 Å². The smallest absolute Gasteiger partial charge is 0.0298 e. The van der Waals surface area contributed by atoms with Gasteiger partial charge in [0, 0.05) is 6.04 Å². The molecule has 0 aliphatic carbocycles. The SMILES string of the molecule is C=CCCNC(C)c1cccc2ccccc12. The van der Waals surface area contributed by atoms with E-state index >= 15 is 0 Å². The van der Waals surface area contributed by atoms with Crippen molar-refractivity contribution in [2.75, 3.05) is 6.54 Å². The summed E-state index contributed by atoms with van der Waals surface area (Å²) in [7, 11) is 0. The van der Waals surface area contributed by atoms with E-state index in [1.807, 2.05) is 6.08 Å². The number of hydrogen-bond donors (Lipinski definition) is 1. The molecule has 0 heterocycles. The second kappa shape index (κ2) is 5.65. The van der Waals surface area contributed by atoms with Crippen LogP contribution in [0.4, 0.5) is 0 Å². The highest BCUT2D eigenvalue weighted by Crippen LogP contribution is 2.23. The Labute approximate surface area is 103 Å². The van der Waals surface area contributed by atoms with Gasteiger partial charge in [-0.3, -0.25) is 0 Å². The first-order chi connectivity index (χ1) is 8.33.